The van der Waals surface area contributed by atoms with Gasteiger partial charge in [-0.15, -0.1) is 5.10 Å². The average Bonchev–Trinajstić information content (AvgIpc) is 3.46. The predicted molar refractivity (Wildman–Crippen MR) is 149 cm³/mol. The molecule has 1 amide bonds. The van der Waals surface area contributed by atoms with Crippen molar-refractivity contribution in [3.63, 3.8) is 0 Å². The van der Waals surface area contributed by atoms with Crippen LogP contribution in [0.4, 0.5) is 5.95 Å². The molecule has 2 heterocycles. The van der Waals surface area contributed by atoms with E-state index in [0.717, 1.165) is 27.8 Å². The number of amides is 1. The fourth-order valence-electron chi connectivity index (χ4n) is 6.62. The molecule has 5 aromatic rings. The second kappa shape index (κ2) is 8.67. The molecule has 1 unspecified atom stereocenters. The van der Waals surface area contributed by atoms with E-state index in [0.29, 0.717) is 17.0 Å². The number of pyridine rings is 1. The summed E-state index contributed by atoms with van der Waals surface area (Å²) in [6, 6.07) is 26.5. The maximum Gasteiger partial charge on any atom is 0.273 e. The molecule has 0 spiro atoms. The van der Waals surface area contributed by atoms with Crippen molar-refractivity contribution in [1.82, 2.24) is 20.2 Å². The van der Waals surface area contributed by atoms with Gasteiger partial charge in [-0.05, 0) is 35.7 Å². The van der Waals surface area contributed by atoms with Crippen molar-refractivity contribution in [3.05, 3.63) is 130 Å². The third-order valence-electron chi connectivity index (χ3n) is 8.37. The summed E-state index contributed by atoms with van der Waals surface area (Å²) in [5.41, 5.74) is 3.03. The van der Waals surface area contributed by atoms with E-state index in [-0.39, 0.29) is 29.1 Å². The van der Waals surface area contributed by atoms with Crippen LogP contribution in [0.2, 0.25) is 0 Å². The van der Waals surface area contributed by atoms with Crippen molar-refractivity contribution in [1.29, 1.82) is 0 Å². The van der Waals surface area contributed by atoms with Gasteiger partial charge in [-0.25, -0.2) is 0 Å². The molecule has 0 saturated carbocycles. The minimum absolute atomic E-state index is 0.0297. The first kappa shape index (κ1) is 23.9. The molecule has 3 aliphatic carbocycles. The summed E-state index contributed by atoms with van der Waals surface area (Å²) >= 11 is 0. The largest absolute Gasteiger partial charge is 0.293 e. The number of rotatable bonds is 5. The van der Waals surface area contributed by atoms with Gasteiger partial charge in [0.05, 0.1) is 5.41 Å². The van der Waals surface area contributed by atoms with Crippen LogP contribution in [0.3, 0.4) is 0 Å². The van der Waals surface area contributed by atoms with Gasteiger partial charge in [0, 0.05) is 51.9 Å². The highest BCUT2D eigenvalue weighted by Crippen LogP contribution is 2.63. The average molecular weight is 529 g/mol. The minimum Gasteiger partial charge on any atom is -0.293 e. The molecular weight excluding hydrogens is 504 g/mol. The Hall–Kier alpha value is -5.18. The number of hydrogen-bond donors (Lipinski definition) is 2. The molecule has 0 fully saturated rings. The number of nitrogens with zero attached hydrogens (tertiary/aromatic N) is 4. The van der Waals surface area contributed by atoms with Crippen LogP contribution in [0.1, 0.15) is 41.5 Å². The molecule has 8 rings (SSSR count). The smallest absolute Gasteiger partial charge is 0.273 e. The fourth-order valence-corrected chi connectivity index (χ4v) is 6.62. The second-order valence-electron chi connectivity index (χ2n) is 10.6. The van der Waals surface area contributed by atoms with E-state index in [9.17, 15) is 14.9 Å². The monoisotopic (exact) mass is 528 g/mol. The van der Waals surface area contributed by atoms with E-state index in [1.54, 1.807) is 12.4 Å². The molecular formula is C31H24N6O3. The van der Waals surface area contributed by atoms with Crippen molar-refractivity contribution < 1.29 is 9.72 Å². The summed E-state index contributed by atoms with van der Waals surface area (Å²) in [7, 11) is 0. The molecule has 9 nitrogen and oxygen atoms in total. The van der Waals surface area contributed by atoms with Crippen LogP contribution in [0.25, 0.3) is 22.5 Å². The third-order valence-corrected chi connectivity index (χ3v) is 8.37. The van der Waals surface area contributed by atoms with Crippen molar-refractivity contribution in [3.8, 4) is 22.5 Å². The van der Waals surface area contributed by atoms with Crippen LogP contribution in [0.15, 0.2) is 97.3 Å². The van der Waals surface area contributed by atoms with Crippen LogP contribution in [-0.2, 0) is 10.3 Å². The van der Waals surface area contributed by atoms with Gasteiger partial charge >= 0.3 is 0 Å². The zero-order valence-corrected chi connectivity index (χ0v) is 21.5. The van der Waals surface area contributed by atoms with Crippen LogP contribution in [-0.4, -0.2) is 31.0 Å². The van der Waals surface area contributed by atoms with E-state index < -0.39 is 11.0 Å². The van der Waals surface area contributed by atoms with Crippen LogP contribution in [0, 0.1) is 15.5 Å². The lowest BCUT2D eigenvalue weighted by Crippen LogP contribution is -2.57. The molecule has 40 heavy (non-hydrogen) atoms. The molecule has 3 aromatic carbocycles. The van der Waals surface area contributed by atoms with E-state index >= 15 is 0 Å². The number of carbonyl (C=O) groups excluding carboxylic acids is 1. The minimum atomic E-state index is -1.52. The Morgan fingerprint density at radius 2 is 1.62 bits per heavy atom. The van der Waals surface area contributed by atoms with Gasteiger partial charge in [-0.1, -0.05) is 72.8 Å². The van der Waals surface area contributed by atoms with Gasteiger partial charge in [0.1, 0.15) is 0 Å². The molecule has 0 radical (unpaired) electrons. The summed E-state index contributed by atoms with van der Waals surface area (Å²) in [5.74, 6) is -0.0984. The lowest BCUT2D eigenvalue weighted by molar-refractivity contribution is -0.573. The molecule has 2 bridgehead atoms. The van der Waals surface area contributed by atoms with Gasteiger partial charge in [-0.2, -0.15) is 4.98 Å². The Bertz CT molecular complexity index is 1750. The SMILES string of the molecule is CC1(C(=O)Nc2n[nH]c(-c3cccc(-c4cccnc4)c3)n2)CC2([N+](=O)[O-])c3ccccc3C1c1ccccc12. The van der Waals surface area contributed by atoms with Crippen LogP contribution < -0.4 is 5.32 Å². The Balaban J connectivity index is 1.24. The normalized spacial score (nSPS) is 22.3. The Kier molecular flexibility index (Phi) is 5.18. The van der Waals surface area contributed by atoms with Crippen LogP contribution in [0.5, 0.6) is 0 Å². The van der Waals surface area contributed by atoms with Gasteiger partial charge in [0.2, 0.25) is 11.9 Å². The Morgan fingerprint density at radius 1 is 0.950 bits per heavy atom. The molecule has 0 saturated heterocycles. The van der Waals surface area contributed by atoms with Crippen molar-refractivity contribution in [2.24, 2.45) is 5.41 Å². The molecule has 2 N–H and O–H groups in total. The number of H-pyrrole nitrogens is 1. The first-order chi connectivity index (χ1) is 19.4. The number of hydrogen-bond acceptors (Lipinski definition) is 6. The summed E-state index contributed by atoms with van der Waals surface area (Å²) in [6.07, 6.45) is 3.54. The fraction of sp³-hybridized carbons (Fsp3) is 0.161. The zero-order chi connectivity index (χ0) is 27.5. The van der Waals surface area contributed by atoms with Gasteiger partial charge in [-0.3, -0.25) is 30.3 Å². The summed E-state index contributed by atoms with van der Waals surface area (Å²) in [5, 5.41) is 22.9. The molecule has 3 aliphatic rings. The number of benzene rings is 3. The first-order valence-electron chi connectivity index (χ1n) is 13.0. The predicted octanol–water partition coefficient (Wildman–Crippen LogP) is 5.55. The number of carbonyl (C=O) groups is 1. The van der Waals surface area contributed by atoms with E-state index in [4.69, 9.17) is 0 Å². The van der Waals surface area contributed by atoms with Crippen molar-refractivity contribution in [2.45, 2.75) is 24.8 Å². The van der Waals surface area contributed by atoms with Gasteiger partial charge in [0.15, 0.2) is 5.82 Å². The van der Waals surface area contributed by atoms with Crippen molar-refractivity contribution >= 4 is 11.9 Å². The Labute approximate surface area is 229 Å². The molecule has 2 aromatic heterocycles. The number of aromatic amines is 1. The van der Waals surface area contributed by atoms with Crippen LogP contribution >= 0.6 is 0 Å². The Morgan fingerprint density at radius 3 is 2.30 bits per heavy atom. The highest BCUT2D eigenvalue weighted by molar-refractivity contribution is 5.96. The zero-order valence-electron chi connectivity index (χ0n) is 21.5. The number of nitrogens with one attached hydrogen (secondary N) is 2. The first-order valence-corrected chi connectivity index (χ1v) is 13.0. The maximum absolute atomic E-state index is 14.0. The second-order valence-corrected chi connectivity index (χ2v) is 10.6. The molecule has 9 heteroatoms. The van der Waals surface area contributed by atoms with Crippen molar-refractivity contribution in [2.75, 3.05) is 5.32 Å². The van der Waals surface area contributed by atoms with E-state index in [1.807, 2.05) is 91.9 Å². The lowest BCUT2D eigenvalue weighted by Gasteiger charge is -2.52. The molecule has 0 aliphatic heterocycles. The summed E-state index contributed by atoms with van der Waals surface area (Å²) < 4.78 is 0. The van der Waals surface area contributed by atoms with E-state index in [2.05, 4.69) is 25.5 Å². The molecule has 196 valence electrons. The number of nitro groups is 1. The van der Waals surface area contributed by atoms with Gasteiger partial charge < -0.3 is 0 Å². The summed E-state index contributed by atoms with van der Waals surface area (Å²) in [4.78, 5) is 35.4. The van der Waals surface area contributed by atoms with E-state index in [1.165, 1.54) is 0 Å². The molecule has 1 atom stereocenters. The highest BCUT2D eigenvalue weighted by Gasteiger charge is 2.67. The third kappa shape index (κ3) is 3.34. The number of anilines is 1. The summed E-state index contributed by atoms with van der Waals surface area (Å²) in [6.45, 7) is 1.81. The maximum atomic E-state index is 14.0. The highest BCUT2D eigenvalue weighted by atomic mass is 16.6. The topological polar surface area (TPSA) is 127 Å². The standard InChI is InChI=1S/C31H24N6O3/c1-30(18-31(37(39)40)24-13-4-2-11-22(24)26(30)23-12-3-5-14-25(23)31)28(38)34-29-33-27(35-36-29)20-9-6-8-19(16-20)21-10-7-15-32-17-21/h2-17,26H,18H2,1H3,(H2,33,34,35,36,38). The number of aromatic nitrogens is 4. The van der Waals surface area contributed by atoms with Gasteiger partial charge in [0.25, 0.3) is 5.54 Å². The number of fused-ring (bicyclic) bond motifs is 1. The quantitative estimate of drug-likeness (QED) is 0.228. The lowest BCUT2D eigenvalue weighted by atomic mass is 9.49.